The number of aromatic nitrogens is 3. The Hall–Kier alpha value is -4.35. The third-order valence-electron chi connectivity index (χ3n) is 7.59. The highest BCUT2D eigenvalue weighted by Gasteiger charge is 2.28. The summed E-state index contributed by atoms with van der Waals surface area (Å²) in [6, 6.07) is 11.4. The number of urea groups is 1. The lowest BCUT2D eigenvalue weighted by Crippen LogP contribution is -2.50. The smallest absolute Gasteiger partial charge is 0.329 e. The molecule has 0 atom stereocenters. The van der Waals surface area contributed by atoms with Crippen molar-refractivity contribution in [3.8, 4) is 17.3 Å². The summed E-state index contributed by atoms with van der Waals surface area (Å²) < 4.78 is 36.3. The van der Waals surface area contributed by atoms with Crippen LogP contribution < -0.4 is 15.0 Å². The van der Waals surface area contributed by atoms with Crippen LogP contribution in [0.3, 0.4) is 0 Å². The molecule has 0 aliphatic carbocycles. The zero-order valence-electron chi connectivity index (χ0n) is 23.0. The lowest BCUT2D eigenvalue weighted by Gasteiger charge is -2.26. The van der Waals surface area contributed by atoms with E-state index in [9.17, 15) is 18.4 Å². The number of amides is 3. The zero-order chi connectivity index (χ0) is 29.5. The Bertz CT molecular complexity index is 1710. The van der Waals surface area contributed by atoms with Gasteiger partial charge in [-0.2, -0.15) is 0 Å². The number of rotatable bonds is 7. The van der Waals surface area contributed by atoms with Crippen LogP contribution in [0.25, 0.3) is 11.4 Å². The second kappa shape index (κ2) is 11.1. The second-order valence-electron chi connectivity index (χ2n) is 10.4. The molecule has 0 saturated carbocycles. The van der Waals surface area contributed by atoms with Crippen LogP contribution in [0.5, 0.6) is 5.88 Å². The van der Waals surface area contributed by atoms with Crippen molar-refractivity contribution < 1.29 is 23.1 Å². The van der Waals surface area contributed by atoms with Crippen molar-refractivity contribution >= 4 is 29.4 Å². The highest BCUT2D eigenvalue weighted by molar-refractivity contribution is 6.31. The van der Waals surface area contributed by atoms with Gasteiger partial charge in [-0.25, -0.2) is 23.5 Å². The molecule has 0 unspecified atom stereocenters. The zero-order valence-corrected chi connectivity index (χ0v) is 23.7. The van der Waals surface area contributed by atoms with Gasteiger partial charge >= 0.3 is 6.03 Å². The Labute approximate surface area is 245 Å². The molecular formula is C30H27ClF2N6O3. The first-order valence-electron chi connectivity index (χ1n) is 13.4. The number of carbonyl (C=O) groups excluding carboxylic acids is 2. The number of halogens is 3. The molecule has 2 aliphatic heterocycles. The van der Waals surface area contributed by atoms with E-state index >= 15 is 0 Å². The lowest BCUT2D eigenvalue weighted by atomic mass is 10.1. The average Bonchev–Trinajstić information content (AvgIpc) is 3.53. The maximum atomic E-state index is 14.9. The number of benzene rings is 2. The highest BCUT2D eigenvalue weighted by Crippen LogP contribution is 2.32. The Morgan fingerprint density at radius 1 is 1.07 bits per heavy atom. The quantitative estimate of drug-likeness (QED) is 0.315. The first kappa shape index (κ1) is 27.8. The monoisotopic (exact) mass is 592 g/mol. The van der Waals surface area contributed by atoms with Crippen molar-refractivity contribution in [2.45, 2.75) is 39.6 Å². The van der Waals surface area contributed by atoms with Crippen molar-refractivity contribution in [3.05, 3.63) is 93.3 Å². The molecule has 9 nitrogen and oxygen atoms in total. The van der Waals surface area contributed by atoms with E-state index in [1.165, 1.54) is 23.1 Å². The van der Waals surface area contributed by atoms with E-state index < -0.39 is 17.7 Å². The molecule has 0 radical (unpaired) electrons. The fourth-order valence-electron chi connectivity index (χ4n) is 5.33. The van der Waals surface area contributed by atoms with Crippen molar-refractivity contribution in [1.29, 1.82) is 0 Å². The van der Waals surface area contributed by atoms with Gasteiger partial charge in [-0.3, -0.25) is 19.9 Å². The van der Waals surface area contributed by atoms with Gasteiger partial charge in [-0.15, -0.1) is 0 Å². The van der Waals surface area contributed by atoms with Crippen LogP contribution in [0.15, 0.2) is 48.7 Å². The Morgan fingerprint density at radius 2 is 1.88 bits per heavy atom. The molecule has 4 aromatic rings. The molecule has 0 bridgehead atoms. The van der Waals surface area contributed by atoms with Gasteiger partial charge in [0.2, 0.25) is 5.91 Å². The highest BCUT2D eigenvalue weighted by atomic mass is 35.5. The van der Waals surface area contributed by atoms with E-state index in [2.05, 4.69) is 32.3 Å². The molecule has 2 aromatic heterocycles. The topological polar surface area (TPSA) is 92.6 Å². The SMILES string of the molecule is Cc1nc(OCc2c(F)cccc2Cl)c(F)cc1CN1Cc2ccc(-c3ncc(N4CCC(=O)NC4=O)n3C)cc2C1. The number of ether oxygens (including phenoxy) is 1. The van der Waals surface area contributed by atoms with Gasteiger partial charge in [0.25, 0.3) is 5.88 Å². The largest absolute Gasteiger partial charge is 0.471 e. The van der Waals surface area contributed by atoms with Crippen molar-refractivity contribution in [3.63, 3.8) is 0 Å². The fraction of sp³-hybridized carbons (Fsp3) is 0.267. The van der Waals surface area contributed by atoms with Crippen LogP contribution in [-0.4, -0.2) is 37.9 Å². The van der Waals surface area contributed by atoms with Crippen LogP contribution in [0.4, 0.5) is 19.4 Å². The summed E-state index contributed by atoms with van der Waals surface area (Å²) in [4.78, 5) is 36.4. The van der Waals surface area contributed by atoms with E-state index in [0.717, 1.165) is 22.3 Å². The fourth-order valence-corrected chi connectivity index (χ4v) is 5.55. The minimum atomic E-state index is -0.626. The van der Waals surface area contributed by atoms with E-state index in [0.29, 0.717) is 43.5 Å². The number of fused-ring (bicyclic) bond motifs is 1. The molecule has 1 N–H and O–H groups in total. The number of imide groups is 1. The third kappa shape index (κ3) is 5.33. The minimum absolute atomic E-state index is 0.145. The summed E-state index contributed by atoms with van der Waals surface area (Å²) in [5.41, 5.74) is 4.68. The molecule has 216 valence electrons. The van der Waals surface area contributed by atoms with Crippen LogP contribution in [-0.2, 0) is 38.1 Å². The maximum Gasteiger partial charge on any atom is 0.329 e. The summed E-state index contributed by atoms with van der Waals surface area (Å²) in [6.07, 6.45) is 1.87. The number of pyridine rings is 1. The molecule has 2 aliphatic rings. The summed E-state index contributed by atoms with van der Waals surface area (Å²) in [5.74, 6) is -0.336. The van der Waals surface area contributed by atoms with E-state index in [-0.39, 0.29) is 35.4 Å². The van der Waals surface area contributed by atoms with Gasteiger partial charge in [-0.05, 0) is 47.9 Å². The first-order valence-corrected chi connectivity index (χ1v) is 13.7. The third-order valence-corrected chi connectivity index (χ3v) is 7.95. The van der Waals surface area contributed by atoms with Gasteiger partial charge in [0.05, 0.1) is 11.2 Å². The van der Waals surface area contributed by atoms with Crippen LogP contribution in [0.2, 0.25) is 5.02 Å². The lowest BCUT2D eigenvalue weighted by molar-refractivity contribution is -0.120. The summed E-state index contributed by atoms with van der Waals surface area (Å²) in [5, 5.41) is 2.54. The van der Waals surface area contributed by atoms with Crippen LogP contribution >= 0.6 is 11.6 Å². The molecule has 3 amide bonds. The Kier molecular flexibility index (Phi) is 7.38. The number of anilines is 1. The molecule has 6 rings (SSSR count). The van der Waals surface area contributed by atoms with Crippen LogP contribution in [0.1, 0.15) is 34.4 Å². The van der Waals surface area contributed by atoms with Gasteiger partial charge < -0.3 is 9.30 Å². The normalized spacial score (nSPS) is 15.2. The summed E-state index contributed by atoms with van der Waals surface area (Å²) in [7, 11) is 1.84. The molecular weight excluding hydrogens is 566 g/mol. The number of imidazole rings is 1. The van der Waals surface area contributed by atoms with Crippen molar-refractivity contribution in [2.24, 2.45) is 7.05 Å². The summed E-state index contributed by atoms with van der Waals surface area (Å²) in [6.45, 7) is 3.67. The van der Waals surface area contributed by atoms with E-state index in [1.807, 2.05) is 17.7 Å². The molecule has 12 heteroatoms. The van der Waals surface area contributed by atoms with Crippen molar-refractivity contribution in [2.75, 3.05) is 11.4 Å². The molecule has 2 aromatic carbocycles. The second-order valence-corrected chi connectivity index (χ2v) is 10.8. The van der Waals surface area contributed by atoms with Gasteiger partial charge in [0.1, 0.15) is 24.1 Å². The van der Waals surface area contributed by atoms with Gasteiger partial charge in [0.15, 0.2) is 5.82 Å². The predicted molar refractivity (Wildman–Crippen MR) is 152 cm³/mol. The van der Waals surface area contributed by atoms with Gasteiger partial charge in [0, 0.05) is 56.5 Å². The van der Waals surface area contributed by atoms with Gasteiger partial charge in [-0.1, -0.05) is 29.8 Å². The predicted octanol–water partition coefficient (Wildman–Crippen LogP) is 5.26. The molecule has 1 saturated heterocycles. The van der Waals surface area contributed by atoms with Crippen LogP contribution in [0, 0.1) is 18.6 Å². The molecule has 0 spiro atoms. The molecule has 4 heterocycles. The maximum absolute atomic E-state index is 14.9. The Morgan fingerprint density at radius 3 is 2.67 bits per heavy atom. The molecule has 1 fully saturated rings. The minimum Gasteiger partial charge on any atom is -0.471 e. The first-order chi connectivity index (χ1) is 20.2. The Balaban J connectivity index is 1.14. The van der Waals surface area contributed by atoms with E-state index in [1.54, 1.807) is 19.2 Å². The average molecular weight is 593 g/mol. The number of carbonyl (C=O) groups is 2. The number of nitrogens with zero attached hydrogens (tertiary/aromatic N) is 5. The summed E-state index contributed by atoms with van der Waals surface area (Å²) >= 11 is 6.05. The molecule has 42 heavy (non-hydrogen) atoms. The number of aryl methyl sites for hydroxylation is 1. The standard InChI is InChI=1S/C30H27ClF2N6O3/c1-17-20(11-25(33)29(35-17)42-16-22-23(31)4-3-5-24(22)32)14-38-13-19-7-6-18(10-21(19)15-38)28-34-12-27(37(28)2)39-9-8-26(40)36-30(39)41/h3-7,10-12H,8-9,13-16H2,1-2H3,(H,36,40,41). The van der Waals surface area contributed by atoms with Crippen molar-refractivity contribution in [1.82, 2.24) is 24.8 Å². The van der Waals surface area contributed by atoms with E-state index in [4.69, 9.17) is 16.3 Å². The number of hydrogen-bond donors (Lipinski definition) is 1. The number of nitrogens with one attached hydrogen (secondary N) is 1. The number of hydrogen-bond acceptors (Lipinski definition) is 6.